The van der Waals surface area contributed by atoms with Crippen LogP contribution >= 0.6 is 22.3 Å². The zero-order chi connectivity index (χ0) is 16.4. The fraction of sp³-hybridized carbons (Fsp3) is 0.364. The molecule has 0 heterocycles. The molecule has 0 fully saturated rings. The molecule has 1 amide bonds. The van der Waals surface area contributed by atoms with Gasteiger partial charge in [0.25, 0.3) is 15.0 Å². The van der Waals surface area contributed by atoms with Crippen LogP contribution in [0.15, 0.2) is 17.0 Å². The van der Waals surface area contributed by atoms with E-state index in [1.54, 1.807) is 0 Å². The quantitative estimate of drug-likeness (QED) is 0.835. The van der Waals surface area contributed by atoms with Crippen LogP contribution in [-0.4, -0.2) is 27.0 Å². The number of hydrogen-bond donors (Lipinski definition) is 1. The standard InChI is InChI=1S/C11H10Cl2F3NO3S/c1-6-8(10(18)17-3-2-11(14,15)16)4-7(5-9(6)12)21(13,19)20/h4-5H,2-3H2,1H3,(H,17,18). The predicted molar refractivity (Wildman–Crippen MR) is 72.2 cm³/mol. The minimum atomic E-state index is -4.40. The molecular weight excluding hydrogens is 354 g/mol. The smallest absolute Gasteiger partial charge is 0.352 e. The van der Waals surface area contributed by atoms with E-state index in [-0.39, 0.29) is 16.1 Å². The number of halogens is 5. The number of hydrogen-bond acceptors (Lipinski definition) is 3. The van der Waals surface area contributed by atoms with Crippen molar-refractivity contribution in [2.24, 2.45) is 0 Å². The Bertz CT molecular complexity index is 659. The fourth-order valence-corrected chi connectivity index (χ4v) is 2.51. The van der Waals surface area contributed by atoms with Crippen molar-refractivity contribution >= 4 is 37.2 Å². The van der Waals surface area contributed by atoms with Gasteiger partial charge >= 0.3 is 6.18 Å². The van der Waals surface area contributed by atoms with Crippen LogP contribution in [0.4, 0.5) is 13.2 Å². The van der Waals surface area contributed by atoms with Crippen LogP contribution in [-0.2, 0) is 9.05 Å². The molecule has 0 saturated heterocycles. The minimum absolute atomic E-state index is 0.0299. The van der Waals surface area contributed by atoms with Crippen molar-refractivity contribution in [2.75, 3.05) is 6.54 Å². The maximum absolute atomic E-state index is 12.0. The lowest BCUT2D eigenvalue weighted by Crippen LogP contribution is -2.28. The molecule has 0 aliphatic carbocycles. The van der Waals surface area contributed by atoms with Gasteiger partial charge in [-0.25, -0.2) is 8.42 Å². The Morgan fingerprint density at radius 3 is 2.38 bits per heavy atom. The number of carbonyl (C=O) groups excluding carboxylic acids is 1. The summed E-state index contributed by atoms with van der Waals surface area (Å²) in [5.41, 5.74) is 0.0918. The van der Waals surface area contributed by atoms with Crippen LogP contribution in [0.25, 0.3) is 0 Å². The van der Waals surface area contributed by atoms with Gasteiger partial charge < -0.3 is 5.32 Å². The zero-order valence-corrected chi connectivity index (χ0v) is 12.9. The lowest BCUT2D eigenvalue weighted by Gasteiger charge is -2.11. The Labute approximate surface area is 128 Å². The van der Waals surface area contributed by atoms with E-state index in [0.29, 0.717) is 0 Å². The van der Waals surface area contributed by atoms with Gasteiger partial charge in [-0.15, -0.1) is 0 Å². The first-order valence-electron chi connectivity index (χ1n) is 5.51. The summed E-state index contributed by atoms with van der Waals surface area (Å²) in [5, 5.41) is 2.02. The lowest BCUT2D eigenvalue weighted by molar-refractivity contribution is -0.132. The van der Waals surface area contributed by atoms with E-state index in [2.05, 4.69) is 0 Å². The van der Waals surface area contributed by atoms with Crippen LogP contribution in [0.5, 0.6) is 0 Å². The molecule has 0 unspecified atom stereocenters. The van der Waals surface area contributed by atoms with Crippen molar-refractivity contribution in [2.45, 2.75) is 24.4 Å². The third-order valence-corrected chi connectivity index (χ3v) is 4.26. The average Bonchev–Trinajstić information content (AvgIpc) is 2.29. The van der Waals surface area contributed by atoms with Crippen LogP contribution in [0.1, 0.15) is 22.3 Å². The van der Waals surface area contributed by atoms with Gasteiger partial charge in [0.1, 0.15) is 0 Å². The summed E-state index contributed by atoms with van der Waals surface area (Å²) < 4.78 is 58.5. The van der Waals surface area contributed by atoms with E-state index >= 15 is 0 Å². The molecule has 0 aliphatic heterocycles. The van der Waals surface area contributed by atoms with Gasteiger partial charge in [0.15, 0.2) is 0 Å². The molecule has 0 atom stereocenters. The summed E-state index contributed by atoms with van der Waals surface area (Å²) in [6.45, 7) is 0.808. The van der Waals surface area contributed by atoms with Crippen LogP contribution in [0.2, 0.25) is 5.02 Å². The van der Waals surface area contributed by atoms with Gasteiger partial charge in [-0.3, -0.25) is 4.79 Å². The monoisotopic (exact) mass is 363 g/mol. The molecule has 0 aliphatic rings. The van der Waals surface area contributed by atoms with E-state index in [0.717, 1.165) is 12.1 Å². The van der Waals surface area contributed by atoms with Crippen molar-refractivity contribution in [3.63, 3.8) is 0 Å². The second-order valence-electron chi connectivity index (χ2n) is 4.14. The van der Waals surface area contributed by atoms with Crippen molar-refractivity contribution < 1.29 is 26.4 Å². The van der Waals surface area contributed by atoms with Crippen LogP contribution in [0.3, 0.4) is 0 Å². The molecule has 1 rings (SSSR count). The van der Waals surface area contributed by atoms with Gasteiger partial charge in [0, 0.05) is 27.8 Å². The molecule has 1 N–H and O–H groups in total. The molecule has 0 radical (unpaired) electrons. The van der Waals surface area contributed by atoms with Crippen molar-refractivity contribution in [3.8, 4) is 0 Å². The number of nitrogens with one attached hydrogen (secondary N) is 1. The number of carbonyl (C=O) groups is 1. The van der Waals surface area contributed by atoms with Gasteiger partial charge in [0.2, 0.25) is 0 Å². The molecule has 0 saturated carbocycles. The summed E-state index contributed by atoms with van der Waals surface area (Å²) in [6.07, 6.45) is -5.60. The van der Waals surface area contributed by atoms with Crippen molar-refractivity contribution in [3.05, 3.63) is 28.3 Å². The van der Waals surface area contributed by atoms with Crippen molar-refractivity contribution in [1.29, 1.82) is 0 Å². The van der Waals surface area contributed by atoms with E-state index in [1.165, 1.54) is 6.92 Å². The Hall–Kier alpha value is -0.990. The van der Waals surface area contributed by atoms with Crippen LogP contribution < -0.4 is 5.32 Å². The normalized spacial score (nSPS) is 12.3. The lowest BCUT2D eigenvalue weighted by atomic mass is 10.1. The Kier molecular flexibility index (Phi) is 5.51. The van der Waals surface area contributed by atoms with Gasteiger partial charge in [-0.1, -0.05) is 11.6 Å². The van der Waals surface area contributed by atoms with E-state index in [4.69, 9.17) is 22.3 Å². The predicted octanol–water partition coefficient (Wildman–Crippen LogP) is 3.26. The second-order valence-corrected chi connectivity index (χ2v) is 7.11. The highest BCUT2D eigenvalue weighted by molar-refractivity contribution is 8.13. The van der Waals surface area contributed by atoms with Gasteiger partial charge in [-0.2, -0.15) is 13.2 Å². The van der Waals surface area contributed by atoms with Gasteiger partial charge in [-0.05, 0) is 24.6 Å². The average molecular weight is 364 g/mol. The molecule has 4 nitrogen and oxygen atoms in total. The Morgan fingerprint density at radius 2 is 1.90 bits per heavy atom. The summed E-state index contributed by atoms with van der Waals surface area (Å²) in [7, 11) is 1.04. The van der Waals surface area contributed by atoms with Crippen molar-refractivity contribution in [1.82, 2.24) is 5.32 Å². The molecule has 118 valence electrons. The molecule has 1 aromatic rings. The molecule has 1 aromatic carbocycles. The van der Waals surface area contributed by atoms with E-state index in [1.807, 2.05) is 5.32 Å². The van der Waals surface area contributed by atoms with E-state index in [9.17, 15) is 26.4 Å². The minimum Gasteiger partial charge on any atom is -0.352 e. The summed E-state index contributed by atoms with van der Waals surface area (Å²) in [6, 6.07) is 2.03. The number of amides is 1. The third kappa shape index (κ3) is 5.37. The Morgan fingerprint density at radius 1 is 1.33 bits per heavy atom. The first kappa shape index (κ1) is 18.1. The molecule has 0 aromatic heterocycles. The maximum atomic E-state index is 12.0. The highest BCUT2D eigenvalue weighted by atomic mass is 35.7. The third-order valence-electron chi connectivity index (χ3n) is 2.54. The van der Waals surface area contributed by atoms with E-state index < -0.39 is 39.0 Å². The number of benzene rings is 1. The molecule has 0 bridgehead atoms. The summed E-state index contributed by atoms with van der Waals surface area (Å²) in [5.74, 6) is -0.860. The van der Waals surface area contributed by atoms with Crippen LogP contribution in [0, 0.1) is 6.92 Å². The number of alkyl halides is 3. The first-order valence-corrected chi connectivity index (χ1v) is 8.20. The summed E-state index contributed by atoms with van der Waals surface area (Å²) in [4.78, 5) is 11.4. The molecular formula is C11H10Cl2F3NO3S. The van der Waals surface area contributed by atoms with Gasteiger partial charge in [0.05, 0.1) is 11.3 Å². The zero-order valence-electron chi connectivity index (χ0n) is 10.6. The number of rotatable bonds is 4. The Balaban J connectivity index is 3.02. The topological polar surface area (TPSA) is 63.2 Å². The molecule has 0 spiro atoms. The molecule has 10 heteroatoms. The first-order chi connectivity index (χ1) is 9.42. The molecule has 21 heavy (non-hydrogen) atoms. The SMILES string of the molecule is Cc1c(Cl)cc(S(=O)(=O)Cl)cc1C(=O)NCCC(F)(F)F. The largest absolute Gasteiger partial charge is 0.390 e. The highest BCUT2D eigenvalue weighted by Gasteiger charge is 2.27. The second kappa shape index (κ2) is 6.41. The highest BCUT2D eigenvalue weighted by Crippen LogP contribution is 2.26. The maximum Gasteiger partial charge on any atom is 0.390 e. The fourth-order valence-electron chi connectivity index (χ4n) is 1.44. The summed E-state index contributed by atoms with van der Waals surface area (Å²) >= 11 is 5.79.